The number of rotatable bonds is 9. The van der Waals surface area contributed by atoms with Crippen LogP contribution < -0.4 is 15.6 Å². The number of aromatic nitrogens is 4. The van der Waals surface area contributed by atoms with E-state index in [-0.39, 0.29) is 28.8 Å². The molecule has 3 aromatic heterocycles. The lowest BCUT2D eigenvalue weighted by atomic mass is 10.0. The number of hydrogen-bond acceptors (Lipinski definition) is 10. The fourth-order valence-corrected chi connectivity index (χ4v) is 5.79. The molecule has 0 bridgehead atoms. The van der Waals surface area contributed by atoms with Gasteiger partial charge in [-0.25, -0.2) is 19.3 Å². The Bertz CT molecular complexity index is 1390. The van der Waals surface area contributed by atoms with Gasteiger partial charge < -0.3 is 26.0 Å². The number of carbonyl (C=O) groups excluding carboxylic acids is 2. The van der Waals surface area contributed by atoms with Crippen molar-refractivity contribution in [2.24, 2.45) is 5.16 Å². The highest BCUT2D eigenvalue weighted by molar-refractivity contribution is 8.00. The summed E-state index contributed by atoms with van der Waals surface area (Å²) in [7, 11) is 0. The number of aliphatic carboxylic acids is 1. The number of pyridine rings is 1. The summed E-state index contributed by atoms with van der Waals surface area (Å²) in [5, 5.41) is 17.7. The summed E-state index contributed by atoms with van der Waals surface area (Å²) in [6.45, 7) is 0.360. The molecule has 190 valence electrons. The molecule has 0 radical (unpaired) electrons. The largest absolute Gasteiger partial charge is 0.477 e. The number of nitrogens with two attached hydrogens (primary N) is 1. The van der Waals surface area contributed by atoms with Crippen molar-refractivity contribution in [2.75, 3.05) is 11.5 Å². The zero-order chi connectivity index (χ0) is 25.9. The SMILES string of the molecule is Nc1nc(C(=NOCc2cnc[nH]2)C(=O)N[C@@H]2C(=O)N3C(C(=O)O)=C(C[n+]4ccccc4)CS[C@H]23)cs1. The van der Waals surface area contributed by atoms with E-state index in [0.717, 1.165) is 11.3 Å². The van der Waals surface area contributed by atoms with Gasteiger partial charge in [0.05, 0.1) is 18.2 Å². The van der Waals surface area contributed by atoms with Crippen molar-refractivity contribution in [3.8, 4) is 0 Å². The summed E-state index contributed by atoms with van der Waals surface area (Å²) in [6.07, 6.45) is 6.68. The maximum Gasteiger partial charge on any atom is 0.352 e. The number of carboxylic acids is 1. The smallest absolute Gasteiger partial charge is 0.352 e. The average molecular weight is 542 g/mol. The molecule has 2 aliphatic rings. The third kappa shape index (κ3) is 5.03. The van der Waals surface area contributed by atoms with E-state index in [2.05, 4.69) is 25.4 Å². The minimum absolute atomic E-state index is 0.0278. The molecule has 5 rings (SSSR count). The van der Waals surface area contributed by atoms with Gasteiger partial charge in [-0.1, -0.05) is 11.2 Å². The first-order valence-electron chi connectivity index (χ1n) is 11.0. The van der Waals surface area contributed by atoms with Gasteiger partial charge in [-0.3, -0.25) is 14.5 Å². The lowest BCUT2D eigenvalue weighted by Gasteiger charge is -2.49. The van der Waals surface area contributed by atoms with Crippen LogP contribution in [0.4, 0.5) is 5.13 Å². The number of oxime groups is 1. The van der Waals surface area contributed by atoms with Crippen LogP contribution in [0, 0.1) is 0 Å². The third-order valence-corrected chi connectivity index (χ3v) is 7.61. The summed E-state index contributed by atoms with van der Waals surface area (Å²) >= 11 is 2.51. The van der Waals surface area contributed by atoms with E-state index in [1.807, 2.05) is 35.2 Å². The molecule has 0 unspecified atom stereocenters. The van der Waals surface area contributed by atoms with Crippen LogP contribution in [0.3, 0.4) is 0 Å². The first kappa shape index (κ1) is 24.5. The first-order valence-corrected chi connectivity index (χ1v) is 12.9. The standard InChI is InChI=1S/C22H20N8O5S2/c23-22-26-14(10-37-22)15(28-35-8-13-6-24-11-25-13)18(31)27-16-19(32)30-17(21(33)34)12(9-36-20(16)30)7-29-4-2-1-3-5-29/h1-6,10-11,16,20H,7-9H2,(H4-,23,24,25,26,27,31,33,34)/p+1/t16-,20-/m1/s1. The van der Waals surface area contributed by atoms with Crippen LogP contribution in [0.5, 0.6) is 0 Å². The molecule has 5 N–H and O–H groups in total. The molecular formula is C22H21N8O5S2+. The Balaban J connectivity index is 1.32. The van der Waals surface area contributed by atoms with Crippen molar-refractivity contribution in [1.29, 1.82) is 0 Å². The van der Waals surface area contributed by atoms with Crippen molar-refractivity contribution in [1.82, 2.24) is 25.2 Å². The average Bonchev–Trinajstić information content (AvgIpc) is 3.57. The number of carbonyl (C=O) groups is 3. The lowest BCUT2D eigenvalue weighted by molar-refractivity contribution is -0.689. The number of hydrogen-bond donors (Lipinski definition) is 4. The molecule has 0 saturated carbocycles. The highest BCUT2D eigenvalue weighted by Gasteiger charge is 2.54. The van der Waals surface area contributed by atoms with Crippen LogP contribution in [0.1, 0.15) is 11.4 Å². The predicted octanol–water partition coefficient (Wildman–Crippen LogP) is 0.0956. The van der Waals surface area contributed by atoms with E-state index in [4.69, 9.17) is 10.6 Å². The van der Waals surface area contributed by atoms with Gasteiger partial charge in [-0.15, -0.1) is 23.1 Å². The molecule has 13 nitrogen and oxygen atoms in total. The zero-order valence-electron chi connectivity index (χ0n) is 19.1. The zero-order valence-corrected chi connectivity index (χ0v) is 20.7. The van der Waals surface area contributed by atoms with Crippen molar-refractivity contribution in [3.63, 3.8) is 0 Å². The van der Waals surface area contributed by atoms with E-state index in [9.17, 15) is 19.5 Å². The van der Waals surface area contributed by atoms with Gasteiger partial charge in [0, 0.05) is 28.8 Å². The molecule has 0 aromatic carbocycles. The summed E-state index contributed by atoms with van der Waals surface area (Å²) in [5.74, 6) is -2.02. The number of carboxylic acid groups (broad SMARTS) is 1. The third-order valence-electron chi connectivity index (χ3n) is 5.60. The summed E-state index contributed by atoms with van der Waals surface area (Å²) in [6, 6.07) is 4.61. The molecule has 37 heavy (non-hydrogen) atoms. The molecule has 0 aliphatic carbocycles. The maximum absolute atomic E-state index is 13.2. The Hall–Kier alpha value is -4.24. The monoisotopic (exact) mass is 541 g/mol. The molecule has 0 spiro atoms. The fraction of sp³-hybridized carbons (Fsp3) is 0.227. The minimum Gasteiger partial charge on any atom is -0.477 e. The fourth-order valence-electron chi connectivity index (χ4n) is 3.91. The van der Waals surface area contributed by atoms with Gasteiger partial charge in [0.25, 0.3) is 11.8 Å². The van der Waals surface area contributed by atoms with Gasteiger partial charge in [-0.05, 0) is 0 Å². The molecule has 3 aromatic rings. The van der Waals surface area contributed by atoms with Crippen LogP contribution >= 0.6 is 23.1 Å². The molecule has 15 heteroatoms. The number of aromatic amines is 1. The number of nitrogens with one attached hydrogen (secondary N) is 2. The van der Waals surface area contributed by atoms with Gasteiger partial charge in [0.15, 0.2) is 36.4 Å². The number of fused-ring (bicyclic) bond motifs is 1. The Morgan fingerprint density at radius 2 is 2.16 bits per heavy atom. The van der Waals surface area contributed by atoms with E-state index in [0.29, 0.717) is 23.6 Å². The summed E-state index contributed by atoms with van der Waals surface area (Å²) in [4.78, 5) is 55.7. The van der Waals surface area contributed by atoms with E-state index >= 15 is 0 Å². The Labute approximate surface area is 218 Å². The number of nitrogen functional groups attached to an aromatic ring is 1. The lowest BCUT2D eigenvalue weighted by Crippen LogP contribution is -2.71. The number of anilines is 1. The van der Waals surface area contributed by atoms with Crippen LogP contribution in [-0.2, 0) is 32.4 Å². The predicted molar refractivity (Wildman–Crippen MR) is 133 cm³/mol. The van der Waals surface area contributed by atoms with Crippen molar-refractivity contribution in [3.05, 3.63) is 71.2 Å². The van der Waals surface area contributed by atoms with Gasteiger partial charge in [0.2, 0.25) is 0 Å². The van der Waals surface area contributed by atoms with Gasteiger partial charge in [-0.2, -0.15) is 0 Å². The van der Waals surface area contributed by atoms with Crippen molar-refractivity contribution in [2.45, 2.75) is 24.6 Å². The van der Waals surface area contributed by atoms with Crippen molar-refractivity contribution >= 4 is 51.7 Å². The highest BCUT2D eigenvalue weighted by Crippen LogP contribution is 2.40. The topological polar surface area (TPSA) is 180 Å². The van der Waals surface area contributed by atoms with Gasteiger partial charge >= 0.3 is 5.97 Å². The van der Waals surface area contributed by atoms with Crippen LogP contribution in [-0.4, -0.2) is 65.6 Å². The quantitative estimate of drug-likeness (QED) is 0.126. The second-order valence-corrected chi connectivity index (χ2v) is 10.0. The molecule has 2 amide bonds. The number of thioether (sulfide) groups is 1. The minimum atomic E-state index is -1.19. The number of H-pyrrole nitrogens is 1. The van der Waals surface area contributed by atoms with E-state index < -0.39 is 29.2 Å². The highest BCUT2D eigenvalue weighted by atomic mass is 32.2. The molecule has 5 heterocycles. The van der Waals surface area contributed by atoms with E-state index in [1.165, 1.54) is 23.0 Å². The second-order valence-electron chi connectivity index (χ2n) is 8.03. The molecule has 1 fully saturated rings. The summed E-state index contributed by atoms with van der Waals surface area (Å²) in [5.41, 5.74) is 6.95. The normalized spacial score (nSPS) is 19.3. The first-order chi connectivity index (χ1) is 17.9. The second kappa shape index (κ2) is 10.4. The maximum atomic E-state index is 13.2. The molecular weight excluding hydrogens is 520 g/mol. The molecule has 1 saturated heterocycles. The van der Waals surface area contributed by atoms with Crippen LogP contribution in [0.25, 0.3) is 0 Å². The number of thiazole rings is 1. The molecule has 2 aliphatic heterocycles. The van der Waals surface area contributed by atoms with Crippen LogP contribution in [0.15, 0.2) is 64.9 Å². The number of imidazole rings is 1. The van der Waals surface area contributed by atoms with Gasteiger partial charge in [0.1, 0.15) is 22.8 Å². The Morgan fingerprint density at radius 3 is 2.84 bits per heavy atom. The number of amides is 2. The van der Waals surface area contributed by atoms with Crippen LogP contribution in [0.2, 0.25) is 0 Å². The Kier molecular flexibility index (Phi) is 6.87. The summed E-state index contributed by atoms with van der Waals surface area (Å²) < 4.78 is 1.84. The molecule has 2 atom stereocenters. The number of β-lactam (4-membered cyclic amide) rings is 1. The number of nitrogens with zero attached hydrogens (tertiary/aromatic N) is 5. The Morgan fingerprint density at radius 1 is 1.35 bits per heavy atom. The van der Waals surface area contributed by atoms with Crippen molar-refractivity contribution < 1.29 is 28.9 Å². The van der Waals surface area contributed by atoms with E-state index in [1.54, 1.807) is 11.6 Å².